The second kappa shape index (κ2) is 2.05. The fourth-order valence-corrected chi connectivity index (χ4v) is 1.23. The molecule has 50 valence electrons. The quantitative estimate of drug-likeness (QED) is 0.700. The number of hydrogen-bond acceptors (Lipinski definition) is 2. The first-order valence-corrected chi connectivity index (χ1v) is 3.62. The highest BCUT2D eigenvalue weighted by molar-refractivity contribution is 9.10. The summed E-state index contributed by atoms with van der Waals surface area (Å²) in [6, 6.07) is 3.83. The highest BCUT2D eigenvalue weighted by Gasteiger charge is 1.99. The zero-order chi connectivity index (χ0) is 6.97. The molecule has 4 heteroatoms. The van der Waals surface area contributed by atoms with E-state index in [1.807, 2.05) is 12.1 Å². The van der Waals surface area contributed by atoms with Gasteiger partial charge in [0.2, 0.25) is 0 Å². The van der Waals surface area contributed by atoms with Gasteiger partial charge in [-0.15, -0.1) is 0 Å². The van der Waals surface area contributed by atoms with E-state index >= 15 is 0 Å². The van der Waals surface area contributed by atoms with Crippen molar-refractivity contribution in [2.45, 2.75) is 0 Å². The van der Waals surface area contributed by atoms with E-state index in [4.69, 9.17) is 0 Å². The van der Waals surface area contributed by atoms with Gasteiger partial charge < -0.3 is 0 Å². The Labute approximate surface area is 65.6 Å². The van der Waals surface area contributed by atoms with Crippen LogP contribution in [0.3, 0.4) is 0 Å². The summed E-state index contributed by atoms with van der Waals surface area (Å²) >= 11 is 3.28. The van der Waals surface area contributed by atoms with Gasteiger partial charge in [-0.25, -0.2) is 4.98 Å². The number of rotatable bonds is 0. The Balaban J connectivity index is 2.93. The third-order valence-corrected chi connectivity index (χ3v) is 1.89. The monoisotopic (exact) mass is 197 g/mol. The number of pyridine rings is 1. The Morgan fingerprint density at radius 2 is 2.40 bits per heavy atom. The summed E-state index contributed by atoms with van der Waals surface area (Å²) in [6.07, 6.45) is 1.73. The molecule has 2 rings (SSSR count). The molecule has 0 saturated carbocycles. The molecule has 0 radical (unpaired) electrons. The Hall–Kier alpha value is -0.900. The third kappa shape index (κ3) is 0.724. The van der Waals surface area contributed by atoms with Crippen molar-refractivity contribution >= 4 is 27.0 Å². The average Bonchev–Trinajstić information content (AvgIpc) is 2.34. The summed E-state index contributed by atoms with van der Waals surface area (Å²) in [5.74, 6) is 0. The molecular weight excluding hydrogens is 194 g/mol. The molecule has 2 heterocycles. The number of halogens is 1. The predicted molar refractivity (Wildman–Crippen MR) is 41.6 cm³/mol. The SMILES string of the molecule is Brc1n[nH]c2ncccc12. The van der Waals surface area contributed by atoms with Gasteiger partial charge in [-0.1, -0.05) is 0 Å². The van der Waals surface area contributed by atoms with Crippen LogP contribution in [0.1, 0.15) is 0 Å². The predicted octanol–water partition coefficient (Wildman–Crippen LogP) is 1.72. The van der Waals surface area contributed by atoms with Crippen molar-refractivity contribution in [1.29, 1.82) is 0 Å². The van der Waals surface area contributed by atoms with Crippen LogP contribution in [0.25, 0.3) is 11.0 Å². The van der Waals surface area contributed by atoms with E-state index in [1.165, 1.54) is 0 Å². The highest BCUT2D eigenvalue weighted by atomic mass is 79.9. The Morgan fingerprint density at radius 1 is 1.50 bits per heavy atom. The Kier molecular flexibility index (Phi) is 1.20. The van der Waals surface area contributed by atoms with E-state index in [9.17, 15) is 0 Å². The van der Waals surface area contributed by atoms with Crippen LogP contribution in [0, 0.1) is 0 Å². The lowest BCUT2D eigenvalue weighted by Crippen LogP contribution is -1.71. The minimum atomic E-state index is 0.814. The number of nitrogens with zero attached hydrogens (tertiary/aromatic N) is 2. The number of H-pyrrole nitrogens is 1. The first-order chi connectivity index (χ1) is 4.88. The topological polar surface area (TPSA) is 41.6 Å². The number of hydrogen-bond donors (Lipinski definition) is 1. The molecule has 0 unspecified atom stereocenters. The van der Waals surface area contributed by atoms with E-state index in [-0.39, 0.29) is 0 Å². The van der Waals surface area contributed by atoms with Crippen molar-refractivity contribution in [2.75, 3.05) is 0 Å². The lowest BCUT2D eigenvalue weighted by Gasteiger charge is -1.82. The van der Waals surface area contributed by atoms with E-state index in [0.29, 0.717) is 0 Å². The van der Waals surface area contributed by atoms with Crippen LogP contribution in [0.2, 0.25) is 0 Å². The summed E-state index contributed by atoms with van der Waals surface area (Å²) in [4.78, 5) is 4.05. The van der Waals surface area contributed by atoms with Crippen molar-refractivity contribution in [1.82, 2.24) is 15.2 Å². The van der Waals surface area contributed by atoms with Crippen molar-refractivity contribution in [3.8, 4) is 0 Å². The maximum Gasteiger partial charge on any atom is 0.156 e. The van der Waals surface area contributed by atoms with Gasteiger partial charge in [0.15, 0.2) is 5.65 Å². The van der Waals surface area contributed by atoms with Crippen LogP contribution in [0.5, 0.6) is 0 Å². The van der Waals surface area contributed by atoms with Gasteiger partial charge in [-0.2, -0.15) is 5.10 Å². The zero-order valence-electron chi connectivity index (χ0n) is 5.00. The summed E-state index contributed by atoms with van der Waals surface area (Å²) in [7, 11) is 0. The van der Waals surface area contributed by atoms with E-state index in [2.05, 4.69) is 31.1 Å². The first kappa shape index (κ1) is 5.85. The third-order valence-electron chi connectivity index (χ3n) is 1.29. The zero-order valence-corrected chi connectivity index (χ0v) is 6.59. The van der Waals surface area contributed by atoms with Gasteiger partial charge in [-0.3, -0.25) is 5.10 Å². The first-order valence-electron chi connectivity index (χ1n) is 2.82. The van der Waals surface area contributed by atoms with Gasteiger partial charge >= 0.3 is 0 Å². The molecule has 0 saturated heterocycles. The molecule has 0 aliphatic rings. The molecule has 0 aromatic carbocycles. The fraction of sp³-hybridized carbons (Fsp3) is 0. The second-order valence-electron chi connectivity index (χ2n) is 1.91. The van der Waals surface area contributed by atoms with Crippen molar-refractivity contribution in [3.63, 3.8) is 0 Å². The molecular formula is C6H4BrN3. The fourth-order valence-electron chi connectivity index (χ4n) is 0.823. The van der Waals surface area contributed by atoms with Gasteiger partial charge in [0.1, 0.15) is 4.60 Å². The maximum atomic E-state index is 4.05. The van der Waals surface area contributed by atoms with Gasteiger partial charge in [0.25, 0.3) is 0 Å². The van der Waals surface area contributed by atoms with Gasteiger partial charge in [0.05, 0.1) is 5.39 Å². The van der Waals surface area contributed by atoms with E-state index in [1.54, 1.807) is 6.20 Å². The van der Waals surface area contributed by atoms with E-state index in [0.717, 1.165) is 15.6 Å². The normalized spacial score (nSPS) is 10.5. The minimum Gasteiger partial charge on any atom is -0.260 e. The molecule has 10 heavy (non-hydrogen) atoms. The van der Waals surface area contributed by atoms with Crippen molar-refractivity contribution in [3.05, 3.63) is 22.9 Å². The van der Waals surface area contributed by atoms with Crippen LogP contribution in [-0.2, 0) is 0 Å². The number of fused-ring (bicyclic) bond motifs is 1. The smallest absolute Gasteiger partial charge is 0.156 e. The Morgan fingerprint density at radius 3 is 3.20 bits per heavy atom. The average molecular weight is 198 g/mol. The summed E-state index contributed by atoms with van der Waals surface area (Å²) in [5, 5.41) is 7.72. The molecule has 0 fully saturated rings. The lowest BCUT2D eigenvalue weighted by molar-refractivity contribution is 1.08. The van der Waals surface area contributed by atoms with Crippen LogP contribution < -0.4 is 0 Å². The Bertz CT molecular complexity index is 355. The highest BCUT2D eigenvalue weighted by Crippen LogP contribution is 2.17. The molecule has 2 aromatic rings. The lowest BCUT2D eigenvalue weighted by atomic mass is 10.4. The molecule has 0 aliphatic carbocycles. The van der Waals surface area contributed by atoms with E-state index < -0.39 is 0 Å². The van der Waals surface area contributed by atoms with Crippen molar-refractivity contribution < 1.29 is 0 Å². The van der Waals surface area contributed by atoms with Crippen LogP contribution >= 0.6 is 15.9 Å². The van der Waals surface area contributed by atoms with Gasteiger partial charge in [0, 0.05) is 6.20 Å². The second-order valence-corrected chi connectivity index (χ2v) is 2.67. The molecule has 0 spiro atoms. The van der Waals surface area contributed by atoms with Crippen molar-refractivity contribution in [2.24, 2.45) is 0 Å². The molecule has 1 N–H and O–H groups in total. The molecule has 0 amide bonds. The summed E-state index contributed by atoms with van der Waals surface area (Å²) < 4.78 is 0.815. The van der Waals surface area contributed by atoms with Crippen LogP contribution in [0.15, 0.2) is 22.9 Å². The molecule has 0 atom stereocenters. The van der Waals surface area contributed by atoms with Gasteiger partial charge in [-0.05, 0) is 28.1 Å². The molecule has 0 aliphatic heterocycles. The number of aromatic amines is 1. The summed E-state index contributed by atoms with van der Waals surface area (Å²) in [5.41, 5.74) is 0.814. The van der Waals surface area contributed by atoms with Crippen LogP contribution in [-0.4, -0.2) is 15.2 Å². The van der Waals surface area contributed by atoms with Crippen LogP contribution in [0.4, 0.5) is 0 Å². The number of aromatic nitrogens is 3. The largest absolute Gasteiger partial charge is 0.260 e. The minimum absolute atomic E-state index is 0.814. The standard InChI is InChI=1S/C6H4BrN3/c7-5-4-2-1-3-8-6(4)10-9-5/h1-3H,(H,8,9,10). The number of nitrogens with one attached hydrogen (secondary N) is 1. The molecule has 3 nitrogen and oxygen atoms in total. The maximum absolute atomic E-state index is 4.05. The summed E-state index contributed by atoms with van der Waals surface area (Å²) in [6.45, 7) is 0. The molecule has 0 bridgehead atoms. The molecule has 2 aromatic heterocycles.